The molecule has 1 saturated carbocycles. The number of carbonyl (C=O) groups is 2. The van der Waals surface area contributed by atoms with Gasteiger partial charge in [-0.1, -0.05) is 121 Å². The zero-order valence-electron chi connectivity index (χ0n) is 20.0. The van der Waals surface area contributed by atoms with Crippen LogP contribution in [0.4, 0.5) is 0 Å². The van der Waals surface area contributed by atoms with Crippen molar-refractivity contribution in [3.8, 4) is 0 Å². The first kappa shape index (κ1) is 22.2. The lowest BCUT2D eigenvalue weighted by Crippen LogP contribution is -2.42. The third-order valence-electron chi connectivity index (χ3n) is 7.72. The van der Waals surface area contributed by atoms with Gasteiger partial charge in [0.15, 0.2) is 11.6 Å². The second kappa shape index (κ2) is 9.09. The minimum atomic E-state index is -0.922. The molecule has 6 rings (SSSR count). The standard InChI is InChI=1S/C33H27NO2/c35-30-21-29-31(33(30,26-17-9-3-10-18-26)27-19-11-4-12-20-27)28(32(36)25-15-7-2-8-16-25)23-34(29)22-24-13-5-1-6-14-24/h1-20,23,29,31H,21-22H2. The summed E-state index contributed by atoms with van der Waals surface area (Å²) in [4.78, 5) is 30.5. The molecule has 0 saturated heterocycles. The third-order valence-corrected chi connectivity index (χ3v) is 7.72. The summed E-state index contributed by atoms with van der Waals surface area (Å²) in [5.41, 5.74) is 3.49. The average molecular weight is 470 g/mol. The van der Waals surface area contributed by atoms with Gasteiger partial charge in [0.1, 0.15) is 0 Å². The second-order valence-corrected chi connectivity index (χ2v) is 9.65. The second-order valence-electron chi connectivity index (χ2n) is 9.65. The Kier molecular flexibility index (Phi) is 5.61. The van der Waals surface area contributed by atoms with E-state index in [0.29, 0.717) is 24.1 Å². The van der Waals surface area contributed by atoms with Crippen molar-refractivity contribution in [3.05, 3.63) is 155 Å². The van der Waals surface area contributed by atoms with Crippen LogP contribution in [0.1, 0.15) is 33.5 Å². The summed E-state index contributed by atoms with van der Waals surface area (Å²) in [6.45, 7) is 0.653. The topological polar surface area (TPSA) is 37.4 Å². The number of fused-ring (bicyclic) bond motifs is 1. The Morgan fingerprint density at radius 2 is 1.22 bits per heavy atom. The molecule has 0 N–H and O–H groups in total. The molecule has 0 aromatic heterocycles. The molecule has 4 aromatic rings. The molecule has 2 unspecified atom stereocenters. The highest BCUT2D eigenvalue weighted by atomic mass is 16.1. The van der Waals surface area contributed by atoms with Gasteiger partial charge in [-0.15, -0.1) is 0 Å². The lowest BCUT2D eigenvalue weighted by Gasteiger charge is -2.36. The zero-order chi connectivity index (χ0) is 24.5. The Hall–Kier alpha value is -4.24. The van der Waals surface area contributed by atoms with Gasteiger partial charge in [-0.3, -0.25) is 9.59 Å². The maximum atomic E-state index is 14.2. The van der Waals surface area contributed by atoms with Crippen molar-refractivity contribution in [2.45, 2.75) is 24.4 Å². The highest BCUT2D eigenvalue weighted by Crippen LogP contribution is 2.55. The molecule has 176 valence electrons. The molecule has 1 aliphatic heterocycles. The van der Waals surface area contributed by atoms with Gasteiger partial charge in [0, 0.05) is 42.3 Å². The molecule has 0 amide bonds. The van der Waals surface area contributed by atoms with Crippen LogP contribution in [0, 0.1) is 5.92 Å². The van der Waals surface area contributed by atoms with E-state index < -0.39 is 5.41 Å². The van der Waals surface area contributed by atoms with E-state index >= 15 is 0 Å². The first-order valence-corrected chi connectivity index (χ1v) is 12.4. The van der Waals surface area contributed by atoms with Crippen LogP contribution < -0.4 is 0 Å². The Labute approximate surface area is 211 Å². The Morgan fingerprint density at radius 1 is 0.722 bits per heavy atom. The van der Waals surface area contributed by atoms with Gasteiger partial charge < -0.3 is 4.90 Å². The highest BCUT2D eigenvalue weighted by Gasteiger charge is 2.62. The normalized spacial score (nSPS) is 20.2. The van der Waals surface area contributed by atoms with E-state index in [1.165, 1.54) is 0 Å². The number of benzene rings is 4. The number of Topliss-reactive ketones (excluding diaryl/α,β-unsaturated/α-hetero) is 2. The van der Waals surface area contributed by atoms with Gasteiger partial charge in [-0.25, -0.2) is 0 Å². The number of hydrogen-bond acceptors (Lipinski definition) is 3. The van der Waals surface area contributed by atoms with Crippen molar-refractivity contribution in [1.82, 2.24) is 4.90 Å². The predicted molar refractivity (Wildman–Crippen MR) is 141 cm³/mol. The monoisotopic (exact) mass is 469 g/mol. The Balaban J connectivity index is 1.55. The minimum Gasteiger partial charge on any atom is -0.369 e. The van der Waals surface area contributed by atoms with Crippen LogP contribution in [0.5, 0.6) is 0 Å². The molecule has 0 bridgehead atoms. The highest BCUT2D eigenvalue weighted by molar-refractivity contribution is 6.12. The predicted octanol–water partition coefficient (Wildman–Crippen LogP) is 6.21. The number of rotatable bonds is 6. The largest absolute Gasteiger partial charge is 0.369 e. The summed E-state index contributed by atoms with van der Waals surface area (Å²) in [6.07, 6.45) is 2.42. The van der Waals surface area contributed by atoms with E-state index in [2.05, 4.69) is 17.0 Å². The zero-order valence-corrected chi connectivity index (χ0v) is 20.0. The van der Waals surface area contributed by atoms with Crippen molar-refractivity contribution in [3.63, 3.8) is 0 Å². The fourth-order valence-corrected chi connectivity index (χ4v) is 6.20. The van der Waals surface area contributed by atoms with Crippen LogP contribution in [-0.2, 0) is 16.8 Å². The molecule has 1 fully saturated rings. The first-order valence-electron chi connectivity index (χ1n) is 12.4. The van der Waals surface area contributed by atoms with Crippen LogP contribution in [0.2, 0.25) is 0 Å². The Morgan fingerprint density at radius 3 is 1.78 bits per heavy atom. The lowest BCUT2D eigenvalue weighted by atomic mass is 9.64. The maximum absolute atomic E-state index is 14.2. The van der Waals surface area contributed by atoms with Crippen molar-refractivity contribution in [2.24, 2.45) is 5.92 Å². The summed E-state index contributed by atoms with van der Waals surface area (Å²) in [5, 5.41) is 0. The van der Waals surface area contributed by atoms with Crippen molar-refractivity contribution < 1.29 is 9.59 Å². The molecule has 0 radical (unpaired) electrons. The van der Waals surface area contributed by atoms with E-state index in [1.54, 1.807) is 0 Å². The lowest BCUT2D eigenvalue weighted by molar-refractivity contribution is -0.121. The van der Waals surface area contributed by atoms with E-state index in [-0.39, 0.29) is 23.5 Å². The van der Waals surface area contributed by atoms with Crippen LogP contribution in [0.3, 0.4) is 0 Å². The SMILES string of the molecule is O=C(C1=CN(Cc2ccccc2)C2CC(=O)C(c3ccccc3)(c3ccccc3)C12)c1ccccc1. The van der Waals surface area contributed by atoms with Gasteiger partial charge in [0.25, 0.3) is 0 Å². The summed E-state index contributed by atoms with van der Waals surface area (Å²) in [6, 6.07) is 39.6. The van der Waals surface area contributed by atoms with Crippen LogP contribution in [0.15, 0.2) is 133 Å². The third kappa shape index (κ3) is 3.51. The molecule has 1 heterocycles. The van der Waals surface area contributed by atoms with Gasteiger partial charge in [-0.2, -0.15) is 0 Å². The summed E-state index contributed by atoms with van der Waals surface area (Å²) >= 11 is 0. The van der Waals surface area contributed by atoms with Crippen LogP contribution >= 0.6 is 0 Å². The van der Waals surface area contributed by atoms with Crippen LogP contribution in [-0.4, -0.2) is 22.5 Å². The van der Waals surface area contributed by atoms with Gasteiger partial charge in [-0.05, 0) is 16.7 Å². The van der Waals surface area contributed by atoms with E-state index in [1.807, 2.05) is 115 Å². The molecule has 1 aliphatic carbocycles. The summed E-state index contributed by atoms with van der Waals surface area (Å²) in [5.74, 6) is -0.127. The molecule has 2 aliphatic rings. The molecule has 0 spiro atoms. The summed E-state index contributed by atoms with van der Waals surface area (Å²) in [7, 11) is 0. The molecule has 3 heteroatoms. The van der Waals surface area contributed by atoms with Gasteiger partial charge in [0.05, 0.1) is 5.41 Å². The fourth-order valence-electron chi connectivity index (χ4n) is 6.20. The number of hydrogen-bond donors (Lipinski definition) is 0. The molecular formula is C33H27NO2. The van der Waals surface area contributed by atoms with Crippen LogP contribution in [0.25, 0.3) is 0 Å². The smallest absolute Gasteiger partial charge is 0.190 e. The van der Waals surface area contributed by atoms with Gasteiger partial charge in [0.2, 0.25) is 0 Å². The molecular weight excluding hydrogens is 442 g/mol. The minimum absolute atomic E-state index is 0.00732. The molecule has 3 nitrogen and oxygen atoms in total. The molecule has 4 aromatic carbocycles. The number of nitrogens with zero attached hydrogens (tertiary/aromatic N) is 1. The maximum Gasteiger partial charge on any atom is 0.190 e. The molecule has 2 atom stereocenters. The summed E-state index contributed by atoms with van der Waals surface area (Å²) < 4.78 is 0. The van der Waals surface area contributed by atoms with E-state index in [9.17, 15) is 9.59 Å². The number of carbonyl (C=O) groups excluding carboxylic acids is 2. The fraction of sp³-hybridized carbons (Fsp3) is 0.152. The van der Waals surface area contributed by atoms with Crippen molar-refractivity contribution >= 4 is 11.6 Å². The van der Waals surface area contributed by atoms with E-state index in [0.717, 1.165) is 16.7 Å². The Bertz CT molecular complexity index is 1370. The molecule has 36 heavy (non-hydrogen) atoms. The van der Waals surface area contributed by atoms with Gasteiger partial charge >= 0.3 is 0 Å². The van der Waals surface area contributed by atoms with E-state index in [4.69, 9.17) is 0 Å². The van der Waals surface area contributed by atoms with Crippen molar-refractivity contribution in [2.75, 3.05) is 0 Å². The number of ketones is 2. The quantitative estimate of drug-likeness (QED) is 0.315. The first-order chi connectivity index (χ1) is 17.7. The average Bonchev–Trinajstić information content (AvgIpc) is 3.44. The van der Waals surface area contributed by atoms with Crippen molar-refractivity contribution in [1.29, 1.82) is 0 Å².